The molecule has 1 saturated carbocycles. The largest absolute Gasteiger partial charge is 0.481 e. The molecule has 2 unspecified atom stereocenters. The Kier molecular flexibility index (Phi) is 4.40. The zero-order chi connectivity index (χ0) is 13.0. The summed E-state index contributed by atoms with van der Waals surface area (Å²) in [5.41, 5.74) is 2.60. The van der Waals surface area contributed by atoms with Crippen molar-refractivity contribution in [2.24, 2.45) is 11.8 Å². The maximum absolute atomic E-state index is 11.4. The molecule has 0 aromatic heterocycles. The summed E-state index contributed by atoms with van der Waals surface area (Å²) >= 11 is 0. The first kappa shape index (κ1) is 13.1. The van der Waals surface area contributed by atoms with Crippen molar-refractivity contribution in [1.29, 1.82) is 0 Å². The van der Waals surface area contributed by atoms with Crippen LogP contribution < -0.4 is 0 Å². The van der Waals surface area contributed by atoms with E-state index in [0.717, 1.165) is 25.7 Å². The maximum atomic E-state index is 11.4. The van der Waals surface area contributed by atoms with Crippen molar-refractivity contribution in [1.82, 2.24) is 0 Å². The van der Waals surface area contributed by atoms with Gasteiger partial charge in [0.15, 0.2) is 0 Å². The van der Waals surface area contributed by atoms with Gasteiger partial charge in [-0.25, -0.2) is 0 Å². The van der Waals surface area contributed by atoms with Crippen LogP contribution in [0.4, 0.5) is 0 Å². The van der Waals surface area contributed by atoms with E-state index in [-0.39, 0.29) is 5.92 Å². The minimum Gasteiger partial charge on any atom is -0.481 e. The molecule has 1 aliphatic carbocycles. The molecule has 1 aromatic carbocycles. The minimum atomic E-state index is -0.601. The number of carbonyl (C=O) groups is 1. The molecule has 0 spiro atoms. The first-order chi connectivity index (χ1) is 8.68. The molecule has 2 rings (SSSR count). The predicted molar refractivity (Wildman–Crippen MR) is 72.6 cm³/mol. The van der Waals surface area contributed by atoms with Crippen molar-refractivity contribution >= 4 is 5.97 Å². The van der Waals surface area contributed by atoms with Gasteiger partial charge in [0.2, 0.25) is 0 Å². The van der Waals surface area contributed by atoms with Gasteiger partial charge in [-0.15, -0.1) is 0 Å². The highest BCUT2D eigenvalue weighted by Crippen LogP contribution is 2.32. The average Bonchev–Trinajstić information content (AvgIpc) is 2.57. The van der Waals surface area contributed by atoms with E-state index in [1.807, 2.05) is 6.07 Å². The normalized spacial score (nSPS) is 24.5. The number of hydrogen-bond donors (Lipinski definition) is 1. The molecule has 0 aliphatic heterocycles. The van der Waals surface area contributed by atoms with Crippen LogP contribution in [0.1, 0.15) is 43.2 Å². The van der Waals surface area contributed by atoms with Crippen molar-refractivity contribution in [2.45, 2.75) is 45.4 Å². The van der Waals surface area contributed by atoms with Crippen LogP contribution in [-0.4, -0.2) is 11.1 Å². The van der Waals surface area contributed by atoms with Gasteiger partial charge in [-0.1, -0.05) is 43.5 Å². The van der Waals surface area contributed by atoms with Gasteiger partial charge >= 0.3 is 5.97 Å². The summed E-state index contributed by atoms with van der Waals surface area (Å²) in [7, 11) is 0. The van der Waals surface area contributed by atoms with Gasteiger partial charge in [-0.3, -0.25) is 4.79 Å². The van der Waals surface area contributed by atoms with Crippen LogP contribution in [0.5, 0.6) is 0 Å². The Hall–Kier alpha value is -1.31. The molecule has 1 aromatic rings. The van der Waals surface area contributed by atoms with Gasteiger partial charge in [0, 0.05) is 0 Å². The summed E-state index contributed by atoms with van der Waals surface area (Å²) in [5.74, 6) is -0.436. The van der Waals surface area contributed by atoms with E-state index in [1.54, 1.807) is 0 Å². The number of carboxylic acid groups (broad SMARTS) is 1. The van der Waals surface area contributed by atoms with E-state index in [9.17, 15) is 9.90 Å². The smallest absolute Gasteiger partial charge is 0.306 e. The van der Waals surface area contributed by atoms with Gasteiger partial charge in [0.1, 0.15) is 0 Å². The summed E-state index contributed by atoms with van der Waals surface area (Å²) in [6, 6.07) is 8.34. The Morgan fingerprint density at radius 1 is 1.22 bits per heavy atom. The average molecular weight is 246 g/mol. The van der Waals surface area contributed by atoms with Crippen LogP contribution in [0.25, 0.3) is 0 Å². The molecule has 1 aliphatic rings. The second kappa shape index (κ2) is 6.03. The fourth-order valence-electron chi connectivity index (χ4n) is 3.08. The second-order valence-corrected chi connectivity index (χ2v) is 5.47. The number of hydrogen-bond acceptors (Lipinski definition) is 1. The molecule has 18 heavy (non-hydrogen) atoms. The molecule has 0 bridgehead atoms. The van der Waals surface area contributed by atoms with Crippen LogP contribution in [0, 0.1) is 18.8 Å². The molecule has 2 heteroatoms. The third-order valence-electron chi connectivity index (χ3n) is 4.22. The molecular formula is C16H22O2. The SMILES string of the molecule is Cc1ccccc1CC1CCCCCC1C(=O)O. The lowest BCUT2D eigenvalue weighted by molar-refractivity contribution is -0.143. The Bertz CT molecular complexity index is 411. The highest BCUT2D eigenvalue weighted by molar-refractivity contribution is 5.70. The zero-order valence-electron chi connectivity index (χ0n) is 11.1. The zero-order valence-corrected chi connectivity index (χ0v) is 11.1. The van der Waals surface area contributed by atoms with Crippen LogP contribution in [0.2, 0.25) is 0 Å². The first-order valence-corrected chi connectivity index (χ1v) is 6.96. The number of aryl methyl sites for hydroxylation is 1. The Balaban J connectivity index is 2.14. The molecule has 0 radical (unpaired) electrons. The summed E-state index contributed by atoms with van der Waals surface area (Å²) in [6.45, 7) is 2.11. The number of benzene rings is 1. The predicted octanol–water partition coefficient (Wildman–Crippen LogP) is 3.82. The fourth-order valence-corrected chi connectivity index (χ4v) is 3.08. The number of rotatable bonds is 3. The number of aliphatic carboxylic acids is 1. The van der Waals surface area contributed by atoms with Crippen molar-refractivity contribution < 1.29 is 9.90 Å². The van der Waals surface area contributed by atoms with Gasteiger partial charge in [0.05, 0.1) is 5.92 Å². The molecule has 1 N–H and O–H groups in total. The summed E-state index contributed by atoms with van der Waals surface area (Å²) in [4.78, 5) is 11.4. The van der Waals surface area contributed by atoms with E-state index in [2.05, 4.69) is 25.1 Å². The summed E-state index contributed by atoms with van der Waals surface area (Å²) in [6.07, 6.45) is 6.27. The van der Waals surface area contributed by atoms with Crippen LogP contribution in [0.3, 0.4) is 0 Å². The molecule has 2 atom stereocenters. The lowest BCUT2D eigenvalue weighted by Crippen LogP contribution is -2.24. The Labute approximate surface area is 109 Å². The lowest BCUT2D eigenvalue weighted by atomic mass is 9.82. The van der Waals surface area contributed by atoms with Crippen molar-refractivity contribution in [3.63, 3.8) is 0 Å². The van der Waals surface area contributed by atoms with E-state index in [4.69, 9.17) is 0 Å². The van der Waals surface area contributed by atoms with Gasteiger partial charge in [-0.2, -0.15) is 0 Å². The summed E-state index contributed by atoms with van der Waals surface area (Å²) in [5, 5.41) is 9.38. The van der Waals surface area contributed by atoms with Crippen LogP contribution >= 0.6 is 0 Å². The molecule has 2 nitrogen and oxygen atoms in total. The van der Waals surface area contributed by atoms with Crippen molar-refractivity contribution in [3.05, 3.63) is 35.4 Å². The molecule has 0 heterocycles. The minimum absolute atomic E-state index is 0.146. The van der Waals surface area contributed by atoms with Crippen molar-refractivity contribution in [2.75, 3.05) is 0 Å². The molecule has 98 valence electrons. The standard InChI is InChI=1S/C16H22O2/c1-12-7-5-6-8-13(12)11-14-9-3-2-4-10-15(14)16(17)18/h5-8,14-15H,2-4,9-11H2,1H3,(H,17,18). The topological polar surface area (TPSA) is 37.3 Å². The highest BCUT2D eigenvalue weighted by atomic mass is 16.4. The number of carboxylic acids is 1. The third-order valence-corrected chi connectivity index (χ3v) is 4.22. The summed E-state index contributed by atoms with van der Waals surface area (Å²) < 4.78 is 0. The van der Waals surface area contributed by atoms with Gasteiger partial charge in [0.25, 0.3) is 0 Å². The molecule has 0 amide bonds. The van der Waals surface area contributed by atoms with E-state index < -0.39 is 5.97 Å². The van der Waals surface area contributed by atoms with Gasteiger partial charge < -0.3 is 5.11 Å². The van der Waals surface area contributed by atoms with Crippen LogP contribution in [-0.2, 0) is 11.2 Å². The monoisotopic (exact) mass is 246 g/mol. The second-order valence-electron chi connectivity index (χ2n) is 5.47. The quantitative estimate of drug-likeness (QED) is 0.823. The lowest BCUT2D eigenvalue weighted by Gasteiger charge is -2.22. The molecule has 1 fully saturated rings. The highest BCUT2D eigenvalue weighted by Gasteiger charge is 2.29. The maximum Gasteiger partial charge on any atom is 0.306 e. The Morgan fingerprint density at radius 2 is 1.94 bits per heavy atom. The van der Waals surface area contributed by atoms with Crippen molar-refractivity contribution in [3.8, 4) is 0 Å². The Morgan fingerprint density at radius 3 is 2.67 bits per heavy atom. The fraction of sp³-hybridized carbons (Fsp3) is 0.562. The van der Waals surface area contributed by atoms with E-state index in [1.165, 1.54) is 24.0 Å². The van der Waals surface area contributed by atoms with Gasteiger partial charge in [-0.05, 0) is 43.2 Å². The molecular weight excluding hydrogens is 224 g/mol. The molecule has 0 saturated heterocycles. The van der Waals surface area contributed by atoms with Crippen LogP contribution in [0.15, 0.2) is 24.3 Å². The first-order valence-electron chi connectivity index (χ1n) is 6.96. The third kappa shape index (κ3) is 3.12. The van der Waals surface area contributed by atoms with E-state index in [0.29, 0.717) is 5.92 Å². The van der Waals surface area contributed by atoms with E-state index >= 15 is 0 Å².